The number of phenolic OH excluding ortho intramolecular Hbond substituents is 1. The van der Waals surface area contributed by atoms with Gasteiger partial charge in [-0.1, -0.05) is 6.07 Å². The molecule has 0 fully saturated rings. The smallest absolute Gasteiger partial charge is 0.116 e. The van der Waals surface area contributed by atoms with Gasteiger partial charge in [-0.3, -0.25) is 0 Å². The van der Waals surface area contributed by atoms with E-state index in [2.05, 4.69) is 4.98 Å². The normalized spacial score (nSPS) is 11.1. The molecule has 0 spiro atoms. The first-order valence-electron chi connectivity index (χ1n) is 4.29. The fraction of sp³-hybridized carbons (Fsp3) is 0. The van der Waals surface area contributed by atoms with E-state index in [-0.39, 0.29) is 0 Å². The van der Waals surface area contributed by atoms with Gasteiger partial charge >= 0.3 is 0 Å². The summed E-state index contributed by atoms with van der Waals surface area (Å²) in [6.45, 7) is 0. The van der Waals surface area contributed by atoms with Gasteiger partial charge in [0.05, 0.1) is 15.7 Å². The minimum absolute atomic E-state index is 0.298. The Balaban J connectivity index is 2.57. The SMILES string of the molecule is Oc1ccc2c(ccc3scnc32)c1. The Kier molecular flexibility index (Phi) is 1.49. The fourth-order valence-electron chi connectivity index (χ4n) is 1.64. The van der Waals surface area contributed by atoms with Gasteiger partial charge in [0.15, 0.2) is 0 Å². The highest BCUT2D eigenvalue weighted by molar-refractivity contribution is 7.16. The molecule has 3 aromatic rings. The summed E-state index contributed by atoms with van der Waals surface area (Å²) in [6, 6.07) is 9.41. The Hall–Kier alpha value is -1.61. The van der Waals surface area contributed by atoms with Crippen LogP contribution in [0.1, 0.15) is 0 Å². The number of fused-ring (bicyclic) bond motifs is 3. The predicted octanol–water partition coefficient (Wildman–Crippen LogP) is 3.16. The Labute approximate surface area is 84.4 Å². The zero-order valence-corrected chi connectivity index (χ0v) is 8.08. The van der Waals surface area contributed by atoms with Crippen LogP contribution in [-0.4, -0.2) is 10.1 Å². The van der Waals surface area contributed by atoms with Gasteiger partial charge in [-0.15, -0.1) is 11.3 Å². The van der Waals surface area contributed by atoms with E-state index in [0.717, 1.165) is 16.3 Å². The number of nitrogens with zero attached hydrogens (tertiary/aromatic N) is 1. The summed E-state index contributed by atoms with van der Waals surface area (Å²) in [4.78, 5) is 4.31. The molecule has 0 aliphatic rings. The lowest BCUT2D eigenvalue weighted by Gasteiger charge is -1.98. The first-order chi connectivity index (χ1) is 6.84. The van der Waals surface area contributed by atoms with Gasteiger partial charge < -0.3 is 5.11 Å². The summed E-state index contributed by atoms with van der Waals surface area (Å²) in [6.07, 6.45) is 0. The molecule has 2 nitrogen and oxygen atoms in total. The number of thiazole rings is 1. The molecule has 0 saturated carbocycles. The van der Waals surface area contributed by atoms with Crippen LogP contribution < -0.4 is 0 Å². The minimum atomic E-state index is 0.298. The summed E-state index contributed by atoms with van der Waals surface area (Å²) >= 11 is 1.63. The van der Waals surface area contributed by atoms with Crippen LogP contribution in [0.2, 0.25) is 0 Å². The topological polar surface area (TPSA) is 33.1 Å². The third-order valence-corrected chi connectivity index (χ3v) is 3.09. The number of aromatic nitrogens is 1. The summed E-state index contributed by atoms with van der Waals surface area (Å²) in [7, 11) is 0. The van der Waals surface area contributed by atoms with Crippen molar-refractivity contribution in [3.63, 3.8) is 0 Å². The van der Waals surface area contributed by atoms with Crippen LogP contribution in [0, 0.1) is 0 Å². The zero-order valence-electron chi connectivity index (χ0n) is 7.27. The number of rotatable bonds is 0. The molecule has 68 valence electrons. The van der Waals surface area contributed by atoms with E-state index in [1.165, 1.54) is 4.70 Å². The number of aromatic hydroxyl groups is 1. The molecule has 1 aromatic heterocycles. The molecule has 0 radical (unpaired) electrons. The van der Waals surface area contributed by atoms with Crippen molar-refractivity contribution in [3.05, 3.63) is 35.8 Å². The third-order valence-electron chi connectivity index (χ3n) is 2.30. The quantitative estimate of drug-likeness (QED) is 0.606. The second kappa shape index (κ2) is 2.69. The van der Waals surface area contributed by atoms with E-state index in [4.69, 9.17) is 0 Å². The lowest BCUT2D eigenvalue weighted by molar-refractivity contribution is 0.476. The first kappa shape index (κ1) is 7.76. The average Bonchev–Trinajstić information content (AvgIpc) is 2.65. The Morgan fingerprint density at radius 3 is 3.00 bits per heavy atom. The fourth-order valence-corrected chi connectivity index (χ4v) is 2.34. The van der Waals surface area contributed by atoms with Gasteiger partial charge in [0, 0.05) is 5.39 Å². The van der Waals surface area contributed by atoms with Crippen molar-refractivity contribution in [2.75, 3.05) is 0 Å². The number of phenols is 1. The maximum absolute atomic E-state index is 9.34. The van der Waals surface area contributed by atoms with Crippen molar-refractivity contribution in [3.8, 4) is 5.75 Å². The largest absolute Gasteiger partial charge is 0.508 e. The molecule has 0 saturated heterocycles. The standard InChI is InChI=1S/C11H7NOS/c13-8-2-3-9-7(5-8)1-4-10-11(9)12-6-14-10/h1-6,13H. The van der Waals surface area contributed by atoms with E-state index >= 15 is 0 Å². The molecule has 14 heavy (non-hydrogen) atoms. The third kappa shape index (κ3) is 0.992. The lowest BCUT2D eigenvalue weighted by atomic mass is 10.1. The van der Waals surface area contributed by atoms with E-state index in [1.807, 2.05) is 23.7 Å². The van der Waals surface area contributed by atoms with Crippen molar-refractivity contribution >= 4 is 32.3 Å². The molecular formula is C11H7NOS. The molecule has 0 atom stereocenters. The van der Waals surface area contributed by atoms with Crippen molar-refractivity contribution in [2.24, 2.45) is 0 Å². The Bertz CT molecular complexity index is 615. The molecule has 3 rings (SSSR count). The first-order valence-corrected chi connectivity index (χ1v) is 5.17. The molecule has 0 aliphatic carbocycles. The highest BCUT2D eigenvalue weighted by Gasteiger charge is 2.02. The molecule has 2 aromatic carbocycles. The van der Waals surface area contributed by atoms with Crippen LogP contribution in [0.15, 0.2) is 35.8 Å². The molecule has 1 N–H and O–H groups in total. The van der Waals surface area contributed by atoms with E-state index in [1.54, 1.807) is 23.5 Å². The van der Waals surface area contributed by atoms with Gasteiger partial charge in [0.2, 0.25) is 0 Å². The number of hydrogen-bond acceptors (Lipinski definition) is 3. The van der Waals surface area contributed by atoms with Crippen LogP contribution in [0.4, 0.5) is 0 Å². The maximum atomic E-state index is 9.34. The van der Waals surface area contributed by atoms with Crippen molar-refractivity contribution in [1.82, 2.24) is 4.98 Å². The minimum Gasteiger partial charge on any atom is -0.508 e. The van der Waals surface area contributed by atoms with Crippen molar-refractivity contribution in [2.45, 2.75) is 0 Å². The second-order valence-corrected chi connectivity index (χ2v) is 4.06. The summed E-state index contributed by atoms with van der Waals surface area (Å²) in [5.74, 6) is 0.298. The monoisotopic (exact) mass is 201 g/mol. The zero-order chi connectivity index (χ0) is 9.54. The van der Waals surface area contributed by atoms with Gasteiger partial charge in [-0.2, -0.15) is 0 Å². The van der Waals surface area contributed by atoms with E-state index in [0.29, 0.717) is 5.75 Å². The molecule has 1 heterocycles. The maximum Gasteiger partial charge on any atom is 0.116 e. The number of hydrogen-bond donors (Lipinski definition) is 1. The lowest BCUT2D eigenvalue weighted by Crippen LogP contribution is -1.74. The molecule has 3 heteroatoms. The second-order valence-electron chi connectivity index (χ2n) is 3.17. The van der Waals surface area contributed by atoms with Crippen LogP contribution >= 0.6 is 11.3 Å². The molecule has 0 unspecified atom stereocenters. The Morgan fingerprint density at radius 2 is 2.07 bits per heavy atom. The van der Waals surface area contributed by atoms with E-state index in [9.17, 15) is 5.11 Å². The summed E-state index contributed by atoms with van der Waals surface area (Å²) in [5.41, 5.74) is 2.87. The highest BCUT2D eigenvalue weighted by atomic mass is 32.1. The van der Waals surface area contributed by atoms with Gasteiger partial charge in [0.25, 0.3) is 0 Å². The molecule has 0 amide bonds. The molecular weight excluding hydrogens is 194 g/mol. The van der Waals surface area contributed by atoms with Crippen LogP contribution in [0.25, 0.3) is 21.0 Å². The summed E-state index contributed by atoms with van der Waals surface area (Å²) in [5, 5.41) is 11.5. The van der Waals surface area contributed by atoms with Crippen LogP contribution in [0.3, 0.4) is 0 Å². The number of benzene rings is 2. The van der Waals surface area contributed by atoms with Crippen LogP contribution in [-0.2, 0) is 0 Å². The Morgan fingerprint density at radius 1 is 1.14 bits per heavy atom. The van der Waals surface area contributed by atoms with Gasteiger partial charge in [0.1, 0.15) is 5.75 Å². The predicted molar refractivity (Wildman–Crippen MR) is 58.8 cm³/mol. The summed E-state index contributed by atoms with van der Waals surface area (Å²) < 4.78 is 1.18. The van der Waals surface area contributed by atoms with Gasteiger partial charge in [-0.25, -0.2) is 4.98 Å². The van der Waals surface area contributed by atoms with E-state index < -0.39 is 0 Å². The average molecular weight is 201 g/mol. The van der Waals surface area contributed by atoms with Gasteiger partial charge in [-0.05, 0) is 29.7 Å². The highest BCUT2D eigenvalue weighted by Crippen LogP contribution is 2.28. The molecule has 0 bridgehead atoms. The van der Waals surface area contributed by atoms with Crippen molar-refractivity contribution < 1.29 is 5.11 Å². The van der Waals surface area contributed by atoms with Crippen molar-refractivity contribution in [1.29, 1.82) is 0 Å². The molecule has 0 aliphatic heterocycles. The van der Waals surface area contributed by atoms with Crippen LogP contribution in [0.5, 0.6) is 5.75 Å².